The highest BCUT2D eigenvalue weighted by Crippen LogP contribution is 2.21. The molecule has 0 fully saturated rings. The van der Waals surface area contributed by atoms with E-state index in [9.17, 15) is 18.5 Å². The highest BCUT2D eigenvalue weighted by molar-refractivity contribution is 7.87. The second-order valence-electron chi connectivity index (χ2n) is 7.00. The maximum Gasteiger partial charge on any atom is 0.339 e. The van der Waals surface area contributed by atoms with E-state index in [1.807, 2.05) is 19.9 Å². The van der Waals surface area contributed by atoms with Crippen molar-refractivity contribution in [2.75, 3.05) is 11.9 Å². The third kappa shape index (κ3) is 6.45. The number of hydrogen-bond donors (Lipinski definition) is 1. The average Bonchev–Trinajstić information content (AvgIpc) is 2.79. The predicted octanol–water partition coefficient (Wildman–Crippen LogP) is 4.71. The Bertz CT molecular complexity index is 1310. The monoisotopic (exact) mass is 462 g/mol. The first-order valence-electron chi connectivity index (χ1n) is 10.1. The van der Waals surface area contributed by atoms with Crippen molar-refractivity contribution in [2.45, 2.75) is 18.7 Å². The third-order valence-corrected chi connectivity index (χ3v) is 5.74. The van der Waals surface area contributed by atoms with Crippen LogP contribution in [0.15, 0.2) is 83.3 Å². The molecule has 0 radical (unpaired) electrons. The summed E-state index contributed by atoms with van der Waals surface area (Å²) in [6.07, 6.45) is 1.40. The molecule has 0 unspecified atom stereocenters. The van der Waals surface area contributed by atoms with Gasteiger partial charge in [-0.05, 0) is 61.9 Å². The zero-order chi connectivity index (χ0) is 23.8. The number of rotatable bonds is 8. The Morgan fingerprint density at radius 3 is 2.36 bits per heavy atom. The van der Waals surface area contributed by atoms with Gasteiger partial charge >= 0.3 is 10.1 Å². The number of nitriles is 1. The summed E-state index contributed by atoms with van der Waals surface area (Å²) in [5.74, 6) is 0.144. The van der Waals surface area contributed by atoms with Gasteiger partial charge in [-0.1, -0.05) is 35.9 Å². The molecule has 0 aliphatic carbocycles. The predicted molar refractivity (Wildman–Crippen MR) is 125 cm³/mol. The zero-order valence-corrected chi connectivity index (χ0v) is 18.9. The minimum absolute atomic E-state index is 0.0499. The van der Waals surface area contributed by atoms with Gasteiger partial charge in [0.1, 0.15) is 28.0 Å². The molecule has 0 spiro atoms. The molecule has 3 aromatic carbocycles. The molecule has 0 bridgehead atoms. The van der Waals surface area contributed by atoms with Crippen molar-refractivity contribution < 1.29 is 22.1 Å². The molecule has 0 atom stereocenters. The van der Waals surface area contributed by atoms with Crippen molar-refractivity contribution in [3.05, 3.63) is 89.5 Å². The lowest BCUT2D eigenvalue weighted by molar-refractivity contribution is -0.112. The fourth-order valence-electron chi connectivity index (χ4n) is 2.84. The summed E-state index contributed by atoms with van der Waals surface area (Å²) in [6, 6.07) is 21.1. The molecule has 0 heterocycles. The Labute approximate surface area is 193 Å². The lowest BCUT2D eigenvalue weighted by Crippen LogP contribution is -2.13. The van der Waals surface area contributed by atoms with Crippen LogP contribution in [0, 0.1) is 18.3 Å². The second-order valence-corrected chi connectivity index (χ2v) is 8.55. The normalized spacial score (nSPS) is 11.4. The van der Waals surface area contributed by atoms with E-state index in [1.165, 1.54) is 30.3 Å². The Kier molecular flexibility index (Phi) is 7.49. The van der Waals surface area contributed by atoms with Crippen molar-refractivity contribution >= 4 is 27.8 Å². The molecule has 0 saturated carbocycles. The molecule has 168 valence electrons. The van der Waals surface area contributed by atoms with Crippen LogP contribution in [0.1, 0.15) is 18.1 Å². The molecule has 0 aliphatic heterocycles. The average molecular weight is 463 g/mol. The number of carbonyl (C=O) groups excluding carboxylic acids is 1. The molecule has 8 heteroatoms. The molecule has 0 aliphatic rings. The molecular weight excluding hydrogens is 440 g/mol. The lowest BCUT2D eigenvalue weighted by atomic mass is 10.1. The standard InChI is InChI=1S/C25H22N2O5S/c1-3-31-23-6-4-5-21(16-23)27-25(28)20(17-26)15-19-9-11-22(12-10-19)32-33(29,30)24-13-7-18(2)8-14-24/h4-16H,3H2,1-2H3,(H,27,28)/b20-15+. The van der Waals surface area contributed by atoms with Crippen LogP contribution >= 0.6 is 0 Å². The molecule has 33 heavy (non-hydrogen) atoms. The Balaban J connectivity index is 1.71. The second kappa shape index (κ2) is 10.5. The number of nitrogens with one attached hydrogen (secondary N) is 1. The van der Waals surface area contributed by atoms with Gasteiger partial charge in [0.15, 0.2) is 0 Å². The number of hydrogen-bond acceptors (Lipinski definition) is 6. The summed E-state index contributed by atoms with van der Waals surface area (Å²) in [4.78, 5) is 12.6. The van der Waals surface area contributed by atoms with Crippen LogP contribution in [-0.4, -0.2) is 20.9 Å². The summed E-state index contributed by atoms with van der Waals surface area (Å²) in [5.41, 5.74) is 1.85. The summed E-state index contributed by atoms with van der Waals surface area (Å²) in [5, 5.41) is 12.1. The van der Waals surface area contributed by atoms with Crippen molar-refractivity contribution in [2.24, 2.45) is 0 Å². The first-order chi connectivity index (χ1) is 15.8. The minimum Gasteiger partial charge on any atom is -0.494 e. The lowest BCUT2D eigenvalue weighted by Gasteiger charge is -2.08. The molecular formula is C25H22N2O5S. The van der Waals surface area contributed by atoms with Crippen LogP contribution < -0.4 is 14.2 Å². The quantitative estimate of drug-likeness (QED) is 0.295. The number of nitrogens with zero attached hydrogens (tertiary/aromatic N) is 1. The smallest absolute Gasteiger partial charge is 0.339 e. The SMILES string of the molecule is CCOc1cccc(NC(=O)/C(C#N)=C/c2ccc(OS(=O)(=O)c3ccc(C)cc3)cc2)c1. The number of benzene rings is 3. The van der Waals surface area contributed by atoms with Gasteiger partial charge in [0.2, 0.25) is 0 Å². The van der Waals surface area contributed by atoms with Gasteiger partial charge in [-0.25, -0.2) is 0 Å². The molecule has 1 amide bonds. The van der Waals surface area contributed by atoms with E-state index < -0.39 is 16.0 Å². The summed E-state index contributed by atoms with van der Waals surface area (Å²) in [7, 11) is -3.97. The van der Waals surface area contributed by atoms with Crippen LogP contribution in [0.4, 0.5) is 5.69 Å². The van der Waals surface area contributed by atoms with E-state index in [-0.39, 0.29) is 16.2 Å². The Morgan fingerprint density at radius 1 is 1.03 bits per heavy atom. The topological polar surface area (TPSA) is 105 Å². The van der Waals surface area contributed by atoms with Crippen LogP contribution in [-0.2, 0) is 14.9 Å². The number of ether oxygens (including phenoxy) is 1. The molecule has 1 N–H and O–H groups in total. The largest absolute Gasteiger partial charge is 0.494 e. The van der Waals surface area contributed by atoms with Crippen molar-refractivity contribution in [1.29, 1.82) is 5.26 Å². The Morgan fingerprint density at radius 2 is 1.73 bits per heavy atom. The van der Waals surface area contributed by atoms with E-state index in [4.69, 9.17) is 8.92 Å². The van der Waals surface area contributed by atoms with E-state index in [0.717, 1.165) is 5.56 Å². The zero-order valence-electron chi connectivity index (χ0n) is 18.1. The van der Waals surface area contributed by atoms with Gasteiger partial charge in [0.05, 0.1) is 6.61 Å². The van der Waals surface area contributed by atoms with Crippen LogP contribution in [0.25, 0.3) is 6.08 Å². The fraction of sp³-hybridized carbons (Fsp3) is 0.120. The van der Waals surface area contributed by atoms with Gasteiger partial charge in [0, 0.05) is 11.8 Å². The van der Waals surface area contributed by atoms with Crippen molar-refractivity contribution in [3.8, 4) is 17.6 Å². The number of anilines is 1. The first kappa shape index (κ1) is 23.6. The Hall–Kier alpha value is -4.09. The molecule has 3 aromatic rings. The molecule has 7 nitrogen and oxygen atoms in total. The third-order valence-electron chi connectivity index (χ3n) is 4.47. The number of carbonyl (C=O) groups is 1. The maximum atomic E-state index is 12.5. The number of amides is 1. The van der Waals surface area contributed by atoms with E-state index in [2.05, 4.69) is 5.32 Å². The first-order valence-corrected chi connectivity index (χ1v) is 11.5. The minimum atomic E-state index is -3.97. The van der Waals surface area contributed by atoms with Gasteiger partial charge in [0.25, 0.3) is 5.91 Å². The van der Waals surface area contributed by atoms with Crippen LogP contribution in [0.5, 0.6) is 11.5 Å². The van der Waals surface area contributed by atoms with E-state index in [1.54, 1.807) is 48.5 Å². The summed E-state index contributed by atoms with van der Waals surface area (Å²) >= 11 is 0. The highest BCUT2D eigenvalue weighted by atomic mass is 32.2. The molecule has 0 saturated heterocycles. The highest BCUT2D eigenvalue weighted by Gasteiger charge is 2.16. The van der Waals surface area contributed by atoms with E-state index >= 15 is 0 Å². The summed E-state index contributed by atoms with van der Waals surface area (Å²) < 4.78 is 35.4. The fourth-order valence-corrected chi connectivity index (χ4v) is 3.77. The van der Waals surface area contributed by atoms with Crippen LogP contribution in [0.3, 0.4) is 0 Å². The van der Waals surface area contributed by atoms with Gasteiger partial charge in [-0.2, -0.15) is 13.7 Å². The van der Waals surface area contributed by atoms with E-state index in [0.29, 0.717) is 23.6 Å². The van der Waals surface area contributed by atoms with Gasteiger partial charge < -0.3 is 14.2 Å². The van der Waals surface area contributed by atoms with Crippen molar-refractivity contribution in [3.63, 3.8) is 0 Å². The van der Waals surface area contributed by atoms with Crippen LogP contribution in [0.2, 0.25) is 0 Å². The van der Waals surface area contributed by atoms with Gasteiger partial charge in [-0.15, -0.1) is 0 Å². The maximum absolute atomic E-state index is 12.5. The molecule has 3 rings (SSSR count). The van der Waals surface area contributed by atoms with Crippen molar-refractivity contribution in [1.82, 2.24) is 0 Å². The summed E-state index contributed by atoms with van der Waals surface area (Å²) in [6.45, 7) is 4.21. The number of aryl methyl sites for hydroxylation is 1. The molecule has 0 aromatic heterocycles. The van der Waals surface area contributed by atoms with Gasteiger partial charge in [-0.3, -0.25) is 4.79 Å².